The average molecular weight is 389 g/mol. The molecule has 9 nitrogen and oxygen atoms in total. The van der Waals surface area contributed by atoms with Gasteiger partial charge in [0.05, 0.1) is 36.9 Å². The van der Waals surface area contributed by atoms with Crippen molar-refractivity contribution in [1.29, 1.82) is 0 Å². The summed E-state index contributed by atoms with van der Waals surface area (Å²) in [6.45, 7) is 6.95. The van der Waals surface area contributed by atoms with Gasteiger partial charge in [0.1, 0.15) is 5.69 Å². The van der Waals surface area contributed by atoms with Crippen molar-refractivity contribution in [2.24, 2.45) is 0 Å². The molecule has 1 aromatic carbocycles. The highest BCUT2D eigenvalue weighted by Crippen LogP contribution is 2.11. The number of nitrogens with zero attached hydrogens (tertiary/aromatic N) is 3. The zero-order valence-corrected chi connectivity index (χ0v) is 15.6. The van der Waals surface area contributed by atoms with Crippen molar-refractivity contribution in [3.05, 3.63) is 53.1 Å². The molecule has 0 amide bonds. The summed E-state index contributed by atoms with van der Waals surface area (Å²) in [5.41, 5.74) is 1.21. The first-order chi connectivity index (χ1) is 13.4. The van der Waals surface area contributed by atoms with E-state index in [1.165, 1.54) is 12.1 Å². The van der Waals surface area contributed by atoms with Crippen molar-refractivity contribution in [3.8, 4) is 0 Å². The van der Waals surface area contributed by atoms with Crippen LogP contribution in [0.3, 0.4) is 0 Å². The monoisotopic (exact) mass is 389 g/mol. The molecule has 0 spiro atoms. The molecule has 1 aliphatic rings. The Balaban J connectivity index is 0.000000203. The number of carboxylic acid groups (broad SMARTS) is 2. The van der Waals surface area contributed by atoms with Crippen LogP contribution in [0.4, 0.5) is 0 Å². The molecule has 2 aromatic rings. The summed E-state index contributed by atoms with van der Waals surface area (Å²) in [6.07, 6.45) is 4.13. The molecule has 1 saturated heterocycles. The van der Waals surface area contributed by atoms with E-state index in [4.69, 9.17) is 14.9 Å². The number of imidazole rings is 1. The Kier molecular flexibility index (Phi) is 7.85. The fourth-order valence-electron chi connectivity index (χ4n) is 2.68. The van der Waals surface area contributed by atoms with Gasteiger partial charge in [0.25, 0.3) is 0 Å². The fraction of sp³-hybridized carbons (Fsp3) is 0.368. The molecule has 28 heavy (non-hydrogen) atoms. The predicted octanol–water partition coefficient (Wildman–Crippen LogP) is 1.42. The van der Waals surface area contributed by atoms with Gasteiger partial charge in [-0.2, -0.15) is 0 Å². The Morgan fingerprint density at radius 2 is 1.89 bits per heavy atom. The molecule has 0 bridgehead atoms. The lowest BCUT2D eigenvalue weighted by atomic mass is 10.1. The molecule has 2 N–H and O–H groups in total. The number of ether oxygens (including phenoxy) is 1. The molecular weight excluding hydrogens is 366 g/mol. The number of hydrogen-bond acceptors (Lipinski definition) is 6. The van der Waals surface area contributed by atoms with E-state index in [1.807, 2.05) is 4.57 Å². The van der Waals surface area contributed by atoms with Crippen molar-refractivity contribution < 1.29 is 29.3 Å². The highest BCUT2D eigenvalue weighted by atomic mass is 16.5. The van der Waals surface area contributed by atoms with E-state index in [9.17, 15) is 14.4 Å². The normalized spacial score (nSPS) is 14.0. The SMILES string of the molecule is Cc1ccc(C(=O)O)cc1C(=O)O.O=Cc1cncn1CCN1CCOCC1. The molecule has 1 aromatic heterocycles. The van der Waals surface area contributed by atoms with Crippen LogP contribution >= 0.6 is 0 Å². The lowest BCUT2D eigenvalue weighted by Crippen LogP contribution is -2.38. The summed E-state index contributed by atoms with van der Waals surface area (Å²) in [5, 5.41) is 17.3. The van der Waals surface area contributed by atoms with Gasteiger partial charge in [-0.25, -0.2) is 14.6 Å². The number of aromatic nitrogens is 2. The first-order valence-electron chi connectivity index (χ1n) is 8.75. The van der Waals surface area contributed by atoms with Crippen LogP contribution in [0.2, 0.25) is 0 Å². The lowest BCUT2D eigenvalue weighted by Gasteiger charge is -2.26. The first-order valence-corrected chi connectivity index (χ1v) is 8.75. The Morgan fingerprint density at radius 3 is 2.50 bits per heavy atom. The Morgan fingerprint density at radius 1 is 1.18 bits per heavy atom. The van der Waals surface area contributed by atoms with Gasteiger partial charge in [0, 0.05) is 26.2 Å². The van der Waals surface area contributed by atoms with Crippen LogP contribution in [-0.4, -0.2) is 75.7 Å². The van der Waals surface area contributed by atoms with Gasteiger partial charge in [-0.15, -0.1) is 0 Å². The molecule has 0 atom stereocenters. The smallest absolute Gasteiger partial charge is 0.335 e. The van der Waals surface area contributed by atoms with Crippen LogP contribution in [-0.2, 0) is 11.3 Å². The number of carbonyl (C=O) groups excluding carboxylic acids is 1. The minimum atomic E-state index is -1.12. The van der Waals surface area contributed by atoms with E-state index in [0.29, 0.717) is 11.3 Å². The zero-order valence-electron chi connectivity index (χ0n) is 15.6. The summed E-state index contributed by atoms with van der Waals surface area (Å²) in [7, 11) is 0. The van der Waals surface area contributed by atoms with Gasteiger partial charge in [0.15, 0.2) is 6.29 Å². The zero-order chi connectivity index (χ0) is 20.5. The molecule has 1 aliphatic heterocycles. The molecule has 0 radical (unpaired) electrons. The minimum Gasteiger partial charge on any atom is -0.478 e. The number of hydrogen-bond donors (Lipinski definition) is 2. The number of benzene rings is 1. The first kappa shape index (κ1) is 21.3. The standard InChI is InChI=1S/C10H15N3O2.C9H8O4/c14-8-10-7-11-9-13(10)2-1-12-3-5-15-6-4-12;1-5-2-3-6(8(10)11)4-7(5)9(12)13/h7-9H,1-6H2;2-4H,1H3,(H,10,11)(H,12,13). The van der Waals surface area contributed by atoms with E-state index >= 15 is 0 Å². The second-order valence-corrected chi connectivity index (χ2v) is 6.22. The predicted molar refractivity (Wildman–Crippen MR) is 100.0 cm³/mol. The fourth-order valence-corrected chi connectivity index (χ4v) is 2.68. The van der Waals surface area contributed by atoms with Gasteiger partial charge in [-0.3, -0.25) is 9.69 Å². The maximum atomic E-state index is 10.6. The molecule has 150 valence electrons. The molecule has 3 rings (SSSR count). The average Bonchev–Trinajstić information content (AvgIpc) is 3.15. The highest BCUT2D eigenvalue weighted by molar-refractivity contribution is 5.94. The quantitative estimate of drug-likeness (QED) is 0.712. The van der Waals surface area contributed by atoms with Crippen molar-refractivity contribution in [2.75, 3.05) is 32.8 Å². The highest BCUT2D eigenvalue weighted by Gasteiger charge is 2.11. The van der Waals surface area contributed by atoms with Crippen molar-refractivity contribution in [2.45, 2.75) is 13.5 Å². The topological polar surface area (TPSA) is 122 Å². The van der Waals surface area contributed by atoms with Gasteiger partial charge in [-0.05, 0) is 24.6 Å². The Bertz CT molecular complexity index is 827. The Hall–Kier alpha value is -3.04. The van der Waals surface area contributed by atoms with Crippen LogP contribution in [0.15, 0.2) is 30.7 Å². The molecule has 0 aliphatic carbocycles. The van der Waals surface area contributed by atoms with E-state index < -0.39 is 11.9 Å². The molecule has 9 heteroatoms. The molecule has 0 unspecified atom stereocenters. The number of rotatable bonds is 6. The Labute approximate surface area is 162 Å². The number of carboxylic acids is 2. The van der Waals surface area contributed by atoms with Crippen molar-refractivity contribution >= 4 is 18.2 Å². The van der Waals surface area contributed by atoms with E-state index in [0.717, 1.165) is 51.7 Å². The van der Waals surface area contributed by atoms with Crippen LogP contribution in [0.1, 0.15) is 36.8 Å². The third kappa shape index (κ3) is 6.00. The van der Waals surface area contributed by atoms with Crippen LogP contribution < -0.4 is 0 Å². The maximum Gasteiger partial charge on any atom is 0.335 e. The van der Waals surface area contributed by atoms with Crippen molar-refractivity contribution in [1.82, 2.24) is 14.5 Å². The second kappa shape index (κ2) is 10.3. The molecule has 0 saturated carbocycles. The second-order valence-electron chi connectivity index (χ2n) is 6.22. The molecule has 2 heterocycles. The number of aryl methyl sites for hydroxylation is 1. The van der Waals surface area contributed by atoms with Crippen LogP contribution in [0.5, 0.6) is 0 Å². The van der Waals surface area contributed by atoms with Gasteiger partial charge >= 0.3 is 11.9 Å². The summed E-state index contributed by atoms with van der Waals surface area (Å²) in [4.78, 5) is 38.0. The van der Waals surface area contributed by atoms with Gasteiger partial charge in [0.2, 0.25) is 0 Å². The van der Waals surface area contributed by atoms with Crippen LogP contribution in [0, 0.1) is 6.92 Å². The largest absolute Gasteiger partial charge is 0.478 e. The molecule has 1 fully saturated rings. The number of aldehydes is 1. The number of morpholine rings is 1. The van der Waals surface area contributed by atoms with Gasteiger partial charge in [-0.1, -0.05) is 6.07 Å². The molecular formula is C19H23N3O6. The van der Waals surface area contributed by atoms with E-state index in [1.54, 1.807) is 19.4 Å². The van der Waals surface area contributed by atoms with Gasteiger partial charge < -0.3 is 19.5 Å². The van der Waals surface area contributed by atoms with Crippen molar-refractivity contribution in [3.63, 3.8) is 0 Å². The number of carbonyl (C=O) groups is 3. The summed E-state index contributed by atoms with van der Waals surface area (Å²) in [6, 6.07) is 4.01. The maximum absolute atomic E-state index is 10.6. The third-order valence-electron chi connectivity index (χ3n) is 4.34. The lowest BCUT2D eigenvalue weighted by molar-refractivity contribution is 0.0363. The summed E-state index contributed by atoms with van der Waals surface area (Å²) >= 11 is 0. The number of aromatic carboxylic acids is 2. The summed E-state index contributed by atoms with van der Waals surface area (Å²) < 4.78 is 7.14. The third-order valence-corrected chi connectivity index (χ3v) is 4.34. The minimum absolute atomic E-state index is 0.0111. The summed E-state index contributed by atoms with van der Waals surface area (Å²) in [5.74, 6) is -2.23. The van der Waals surface area contributed by atoms with E-state index in [2.05, 4.69) is 9.88 Å². The van der Waals surface area contributed by atoms with Crippen LogP contribution in [0.25, 0.3) is 0 Å². The van der Waals surface area contributed by atoms with E-state index in [-0.39, 0.29) is 11.1 Å².